The summed E-state index contributed by atoms with van der Waals surface area (Å²) in [6.07, 6.45) is 3.90. The molecule has 3 heterocycles. The van der Waals surface area contributed by atoms with Crippen LogP contribution >= 0.6 is 0 Å². The predicted octanol–water partition coefficient (Wildman–Crippen LogP) is 1.21. The standard InChI is InChI=1S/C18H25N7O/c1-2-16(17(26)24-13-8-9-15(24)12-19-11-10-13)20-18-21-22-23-25(18)14-6-4-3-5-7-14/h3-7,13,15-16,19H,2,8-12H2,1H3,(H,20,21,23). The highest BCUT2D eigenvalue weighted by Gasteiger charge is 2.40. The van der Waals surface area contributed by atoms with Gasteiger partial charge in [0, 0.05) is 18.6 Å². The van der Waals surface area contributed by atoms with E-state index in [4.69, 9.17) is 0 Å². The Morgan fingerprint density at radius 2 is 2.08 bits per heavy atom. The number of carbonyl (C=O) groups excluding carboxylic acids is 1. The van der Waals surface area contributed by atoms with Crippen molar-refractivity contribution in [3.05, 3.63) is 30.3 Å². The molecule has 3 atom stereocenters. The summed E-state index contributed by atoms with van der Waals surface area (Å²) in [6, 6.07) is 10.0. The second kappa shape index (κ2) is 7.41. The summed E-state index contributed by atoms with van der Waals surface area (Å²) in [5, 5.41) is 18.7. The van der Waals surface area contributed by atoms with Gasteiger partial charge in [-0.3, -0.25) is 4.79 Å². The van der Waals surface area contributed by atoms with E-state index in [0.29, 0.717) is 24.5 Å². The van der Waals surface area contributed by atoms with Gasteiger partial charge in [-0.1, -0.05) is 30.2 Å². The monoisotopic (exact) mass is 355 g/mol. The van der Waals surface area contributed by atoms with Gasteiger partial charge in [-0.05, 0) is 54.8 Å². The average molecular weight is 355 g/mol. The molecule has 4 rings (SSSR count). The van der Waals surface area contributed by atoms with Crippen LogP contribution < -0.4 is 10.6 Å². The maximum atomic E-state index is 13.3. The van der Waals surface area contributed by atoms with Crippen LogP contribution in [0.15, 0.2) is 30.3 Å². The minimum atomic E-state index is -0.329. The second-order valence-electron chi connectivity index (χ2n) is 6.98. The number of aromatic nitrogens is 4. The van der Waals surface area contributed by atoms with E-state index < -0.39 is 0 Å². The first-order valence-electron chi connectivity index (χ1n) is 9.41. The van der Waals surface area contributed by atoms with Crippen LogP contribution in [0.4, 0.5) is 5.95 Å². The van der Waals surface area contributed by atoms with Gasteiger partial charge in [0.15, 0.2) is 0 Å². The smallest absolute Gasteiger partial charge is 0.248 e. The Morgan fingerprint density at radius 1 is 1.27 bits per heavy atom. The zero-order valence-corrected chi connectivity index (χ0v) is 15.0. The molecule has 2 fully saturated rings. The van der Waals surface area contributed by atoms with Gasteiger partial charge in [-0.2, -0.15) is 4.68 Å². The van der Waals surface area contributed by atoms with E-state index in [9.17, 15) is 4.79 Å². The van der Waals surface area contributed by atoms with Crippen molar-refractivity contribution < 1.29 is 4.79 Å². The van der Waals surface area contributed by atoms with Gasteiger partial charge in [0.2, 0.25) is 11.9 Å². The van der Waals surface area contributed by atoms with Crippen molar-refractivity contribution in [2.24, 2.45) is 0 Å². The number of tetrazole rings is 1. The first-order chi connectivity index (χ1) is 12.8. The van der Waals surface area contributed by atoms with Crippen molar-refractivity contribution in [3.8, 4) is 5.69 Å². The molecule has 2 saturated heterocycles. The lowest BCUT2D eigenvalue weighted by Gasteiger charge is -2.31. The Labute approximate surface area is 152 Å². The van der Waals surface area contributed by atoms with Crippen LogP contribution in [-0.4, -0.2) is 62.2 Å². The van der Waals surface area contributed by atoms with Gasteiger partial charge in [-0.15, -0.1) is 0 Å². The Bertz CT molecular complexity index is 733. The highest BCUT2D eigenvalue weighted by Crippen LogP contribution is 2.29. The topological polar surface area (TPSA) is 88.0 Å². The first-order valence-corrected chi connectivity index (χ1v) is 9.41. The fourth-order valence-electron chi connectivity index (χ4n) is 4.04. The summed E-state index contributed by atoms with van der Waals surface area (Å²) in [4.78, 5) is 15.4. The van der Waals surface area contributed by atoms with Gasteiger partial charge < -0.3 is 15.5 Å². The number of nitrogens with zero attached hydrogens (tertiary/aromatic N) is 5. The minimum Gasteiger partial charge on any atom is -0.341 e. The molecule has 1 amide bonds. The molecule has 2 bridgehead atoms. The van der Waals surface area contributed by atoms with Crippen LogP contribution in [0.3, 0.4) is 0 Å². The molecule has 8 nitrogen and oxygen atoms in total. The van der Waals surface area contributed by atoms with Crippen molar-refractivity contribution >= 4 is 11.9 Å². The Kier molecular flexibility index (Phi) is 4.83. The normalized spacial score (nSPS) is 23.5. The van der Waals surface area contributed by atoms with Crippen molar-refractivity contribution in [1.82, 2.24) is 30.4 Å². The third-order valence-corrected chi connectivity index (χ3v) is 5.39. The third kappa shape index (κ3) is 3.16. The molecule has 3 unspecified atom stereocenters. The predicted molar refractivity (Wildman–Crippen MR) is 98.0 cm³/mol. The largest absolute Gasteiger partial charge is 0.341 e. The number of para-hydroxylation sites is 1. The van der Waals surface area contributed by atoms with Crippen LogP contribution in [-0.2, 0) is 4.79 Å². The molecule has 1 aromatic carbocycles. The summed E-state index contributed by atoms with van der Waals surface area (Å²) < 4.78 is 1.63. The Morgan fingerprint density at radius 3 is 2.88 bits per heavy atom. The highest BCUT2D eigenvalue weighted by atomic mass is 16.2. The van der Waals surface area contributed by atoms with Crippen LogP contribution in [0.1, 0.15) is 32.6 Å². The zero-order valence-electron chi connectivity index (χ0n) is 15.0. The van der Waals surface area contributed by atoms with Gasteiger partial charge in [0.25, 0.3) is 0 Å². The van der Waals surface area contributed by atoms with Crippen molar-refractivity contribution in [3.63, 3.8) is 0 Å². The number of carbonyl (C=O) groups is 1. The van der Waals surface area contributed by atoms with E-state index in [1.54, 1.807) is 4.68 Å². The lowest BCUT2D eigenvalue weighted by molar-refractivity contribution is -0.134. The number of anilines is 1. The maximum absolute atomic E-state index is 13.3. The number of amides is 1. The summed E-state index contributed by atoms with van der Waals surface area (Å²) in [7, 11) is 0. The van der Waals surface area contributed by atoms with E-state index in [1.807, 2.05) is 37.3 Å². The molecule has 2 aliphatic rings. The number of rotatable bonds is 5. The maximum Gasteiger partial charge on any atom is 0.248 e. The summed E-state index contributed by atoms with van der Waals surface area (Å²) >= 11 is 0. The Hall–Kier alpha value is -2.48. The van der Waals surface area contributed by atoms with Crippen molar-refractivity contribution in [1.29, 1.82) is 0 Å². The molecule has 1 aromatic heterocycles. The molecule has 0 spiro atoms. The molecule has 2 aromatic rings. The Balaban J connectivity index is 1.54. The van der Waals surface area contributed by atoms with Crippen LogP contribution in [0.25, 0.3) is 5.69 Å². The molecule has 0 radical (unpaired) electrons. The highest BCUT2D eigenvalue weighted by molar-refractivity contribution is 5.85. The van der Waals surface area contributed by atoms with Gasteiger partial charge in [-0.25, -0.2) is 0 Å². The SMILES string of the molecule is CCC(Nc1nnnn1-c1ccccc1)C(=O)N1C2CCNCC1CC2. The molecular formula is C18H25N7O. The van der Waals surface area contributed by atoms with E-state index in [2.05, 4.69) is 31.1 Å². The number of benzene rings is 1. The average Bonchev–Trinajstić information content (AvgIpc) is 3.22. The summed E-state index contributed by atoms with van der Waals surface area (Å²) in [6.45, 7) is 3.89. The summed E-state index contributed by atoms with van der Waals surface area (Å²) in [5.41, 5.74) is 0.862. The van der Waals surface area contributed by atoms with Gasteiger partial charge in [0.1, 0.15) is 6.04 Å². The van der Waals surface area contributed by atoms with E-state index in [1.165, 1.54) is 0 Å². The molecule has 2 aliphatic heterocycles. The fraction of sp³-hybridized carbons (Fsp3) is 0.556. The molecule has 8 heteroatoms. The number of nitrogens with one attached hydrogen (secondary N) is 2. The molecular weight excluding hydrogens is 330 g/mol. The van der Waals surface area contributed by atoms with Gasteiger partial charge in [0.05, 0.1) is 5.69 Å². The third-order valence-electron chi connectivity index (χ3n) is 5.39. The van der Waals surface area contributed by atoms with Crippen molar-refractivity contribution in [2.45, 2.75) is 50.7 Å². The number of hydrogen-bond acceptors (Lipinski definition) is 6. The van der Waals surface area contributed by atoms with E-state index in [-0.39, 0.29) is 11.9 Å². The molecule has 138 valence electrons. The van der Waals surface area contributed by atoms with Gasteiger partial charge >= 0.3 is 0 Å². The lowest BCUT2D eigenvalue weighted by atomic mass is 10.1. The zero-order chi connectivity index (χ0) is 17.9. The first kappa shape index (κ1) is 17.0. The van der Waals surface area contributed by atoms with Crippen molar-refractivity contribution in [2.75, 3.05) is 18.4 Å². The van der Waals surface area contributed by atoms with Crippen LogP contribution in [0.5, 0.6) is 0 Å². The quantitative estimate of drug-likeness (QED) is 0.838. The van der Waals surface area contributed by atoms with E-state index >= 15 is 0 Å². The van der Waals surface area contributed by atoms with E-state index in [0.717, 1.165) is 38.0 Å². The number of hydrogen-bond donors (Lipinski definition) is 2. The lowest BCUT2D eigenvalue weighted by Crippen LogP contribution is -2.49. The molecule has 0 aliphatic carbocycles. The molecule has 2 N–H and O–H groups in total. The summed E-state index contributed by atoms with van der Waals surface area (Å²) in [5.74, 6) is 0.656. The molecule has 0 saturated carbocycles. The number of fused-ring (bicyclic) bond motifs is 2. The van der Waals surface area contributed by atoms with Crippen LogP contribution in [0.2, 0.25) is 0 Å². The fourth-order valence-corrected chi connectivity index (χ4v) is 4.04. The minimum absolute atomic E-state index is 0.159. The molecule has 26 heavy (non-hydrogen) atoms. The van der Waals surface area contributed by atoms with Crippen LogP contribution in [0, 0.1) is 0 Å². The second-order valence-corrected chi connectivity index (χ2v) is 6.98.